The summed E-state index contributed by atoms with van der Waals surface area (Å²) in [6.45, 7) is 0.350. The molecule has 0 bridgehead atoms. The molecule has 1 N–H and O–H groups in total. The summed E-state index contributed by atoms with van der Waals surface area (Å²) in [7, 11) is 0. The minimum absolute atomic E-state index is 0.153. The van der Waals surface area contributed by atoms with Crippen LogP contribution in [0.2, 0.25) is 5.02 Å². The van der Waals surface area contributed by atoms with Crippen molar-refractivity contribution in [2.24, 2.45) is 0 Å². The lowest BCUT2D eigenvalue weighted by molar-refractivity contribution is -0.0247. The van der Waals surface area contributed by atoms with Crippen molar-refractivity contribution >= 4 is 11.6 Å². The summed E-state index contributed by atoms with van der Waals surface area (Å²) < 4.78 is 13.5. The second-order valence-electron chi connectivity index (χ2n) is 4.06. The van der Waals surface area contributed by atoms with Crippen LogP contribution in [0.3, 0.4) is 0 Å². The molecule has 0 aliphatic heterocycles. The maximum atomic E-state index is 13.5. The molecule has 0 unspecified atom stereocenters. The van der Waals surface area contributed by atoms with Gasteiger partial charge in [-0.1, -0.05) is 36.6 Å². The highest BCUT2D eigenvalue weighted by molar-refractivity contribution is 6.30. The number of hydrogen-bond donors (Lipinski definition) is 1. The first-order valence-electron chi connectivity index (χ1n) is 5.59. The largest absolute Gasteiger partial charge is 0.298 e. The van der Waals surface area contributed by atoms with E-state index in [1.165, 1.54) is 18.9 Å². The van der Waals surface area contributed by atoms with Crippen molar-refractivity contribution in [3.05, 3.63) is 34.6 Å². The van der Waals surface area contributed by atoms with Gasteiger partial charge in [-0.25, -0.2) is 4.39 Å². The molecule has 16 heavy (non-hydrogen) atoms. The Bertz CT molecular complexity index is 353. The van der Waals surface area contributed by atoms with Crippen LogP contribution in [0.15, 0.2) is 18.2 Å². The molecule has 0 spiro atoms. The van der Waals surface area contributed by atoms with Crippen molar-refractivity contribution in [3.8, 4) is 0 Å². The predicted molar refractivity (Wildman–Crippen MR) is 61.6 cm³/mol. The maximum absolute atomic E-state index is 13.5. The zero-order valence-electron chi connectivity index (χ0n) is 9.01. The van der Waals surface area contributed by atoms with Gasteiger partial charge >= 0.3 is 0 Å². The fraction of sp³-hybridized carbons (Fsp3) is 0.500. The first kappa shape index (κ1) is 11.8. The van der Waals surface area contributed by atoms with Crippen molar-refractivity contribution in [1.29, 1.82) is 0 Å². The van der Waals surface area contributed by atoms with Gasteiger partial charge in [-0.3, -0.25) is 4.84 Å². The first-order chi connectivity index (χ1) is 7.77. The molecule has 2 nitrogen and oxygen atoms in total. The van der Waals surface area contributed by atoms with Gasteiger partial charge in [0.2, 0.25) is 0 Å². The van der Waals surface area contributed by atoms with Crippen LogP contribution in [0.5, 0.6) is 0 Å². The third-order valence-corrected chi connectivity index (χ3v) is 3.14. The Kier molecular flexibility index (Phi) is 4.16. The number of hydrogen-bond acceptors (Lipinski definition) is 2. The summed E-state index contributed by atoms with van der Waals surface area (Å²) >= 11 is 5.68. The van der Waals surface area contributed by atoms with E-state index in [2.05, 4.69) is 5.48 Å². The molecule has 1 saturated carbocycles. The lowest BCUT2D eigenvalue weighted by Gasteiger charge is -2.12. The average Bonchev–Trinajstić information content (AvgIpc) is 2.77. The Labute approximate surface area is 99.7 Å². The van der Waals surface area contributed by atoms with Crippen LogP contribution in [-0.4, -0.2) is 6.10 Å². The van der Waals surface area contributed by atoms with E-state index in [1.807, 2.05) is 0 Å². The molecule has 0 saturated heterocycles. The summed E-state index contributed by atoms with van der Waals surface area (Å²) in [5.74, 6) is -0.369. The minimum atomic E-state index is -0.369. The second-order valence-corrected chi connectivity index (χ2v) is 4.47. The highest BCUT2D eigenvalue weighted by Crippen LogP contribution is 2.21. The smallest absolute Gasteiger partial charge is 0.146 e. The molecule has 4 heteroatoms. The van der Waals surface area contributed by atoms with Gasteiger partial charge in [-0.15, -0.1) is 0 Å². The normalized spacial score (nSPS) is 16.9. The predicted octanol–water partition coefficient (Wildman–Crippen LogP) is 3.44. The quantitative estimate of drug-likeness (QED) is 0.818. The molecule has 1 aliphatic carbocycles. The van der Waals surface area contributed by atoms with Crippen molar-refractivity contribution in [1.82, 2.24) is 5.48 Å². The molecule has 0 amide bonds. The van der Waals surface area contributed by atoms with E-state index in [4.69, 9.17) is 16.4 Å². The molecule has 1 aromatic carbocycles. The van der Waals surface area contributed by atoms with E-state index in [9.17, 15) is 4.39 Å². The Morgan fingerprint density at radius 3 is 2.88 bits per heavy atom. The average molecular weight is 244 g/mol. The lowest BCUT2D eigenvalue weighted by atomic mass is 10.2. The first-order valence-corrected chi connectivity index (χ1v) is 5.96. The molecule has 2 rings (SSSR count). The standard InChI is InChI=1S/C12H15ClFNO/c13-11-7-3-4-9(12(11)14)8-15-16-10-5-1-2-6-10/h3-4,7,10,15H,1-2,5-6,8H2. The van der Waals surface area contributed by atoms with Crippen LogP contribution in [0.1, 0.15) is 31.2 Å². The van der Waals surface area contributed by atoms with Gasteiger partial charge in [-0.2, -0.15) is 5.48 Å². The summed E-state index contributed by atoms with van der Waals surface area (Å²) in [6.07, 6.45) is 4.90. The molecule has 88 valence electrons. The zero-order chi connectivity index (χ0) is 11.4. The molecule has 0 radical (unpaired) electrons. The van der Waals surface area contributed by atoms with Crippen LogP contribution in [0.25, 0.3) is 0 Å². The van der Waals surface area contributed by atoms with Gasteiger partial charge in [0, 0.05) is 12.1 Å². The Hall–Kier alpha value is -0.640. The lowest BCUT2D eigenvalue weighted by Crippen LogP contribution is -2.21. The van der Waals surface area contributed by atoms with Gasteiger partial charge in [0.25, 0.3) is 0 Å². The van der Waals surface area contributed by atoms with Crippen LogP contribution in [0.4, 0.5) is 4.39 Å². The van der Waals surface area contributed by atoms with Gasteiger partial charge in [0.1, 0.15) is 5.82 Å². The minimum Gasteiger partial charge on any atom is -0.298 e. The molecular formula is C12H15ClFNO. The molecule has 0 atom stereocenters. The van der Waals surface area contributed by atoms with Crippen molar-refractivity contribution in [2.75, 3.05) is 0 Å². The fourth-order valence-electron chi connectivity index (χ4n) is 1.93. The zero-order valence-corrected chi connectivity index (χ0v) is 9.77. The number of rotatable bonds is 4. The van der Waals surface area contributed by atoms with Crippen LogP contribution >= 0.6 is 11.6 Å². The van der Waals surface area contributed by atoms with E-state index in [1.54, 1.807) is 12.1 Å². The number of nitrogens with one attached hydrogen (secondary N) is 1. The fourth-order valence-corrected chi connectivity index (χ4v) is 2.12. The molecule has 1 aliphatic rings. The van der Waals surface area contributed by atoms with Crippen molar-refractivity contribution in [3.63, 3.8) is 0 Å². The highest BCUT2D eigenvalue weighted by atomic mass is 35.5. The second kappa shape index (κ2) is 5.62. The van der Waals surface area contributed by atoms with E-state index in [0.717, 1.165) is 12.8 Å². The Balaban J connectivity index is 1.82. The van der Waals surface area contributed by atoms with Gasteiger partial charge in [0.05, 0.1) is 11.1 Å². The number of halogens is 2. The number of hydroxylamine groups is 1. The van der Waals surface area contributed by atoms with Crippen LogP contribution < -0.4 is 5.48 Å². The van der Waals surface area contributed by atoms with Gasteiger partial charge in [-0.05, 0) is 18.9 Å². The van der Waals surface area contributed by atoms with Gasteiger partial charge in [0.15, 0.2) is 0 Å². The highest BCUT2D eigenvalue weighted by Gasteiger charge is 2.15. The Morgan fingerprint density at radius 1 is 1.38 bits per heavy atom. The topological polar surface area (TPSA) is 21.3 Å². The van der Waals surface area contributed by atoms with Crippen molar-refractivity contribution < 1.29 is 9.23 Å². The maximum Gasteiger partial charge on any atom is 0.146 e. The summed E-state index contributed by atoms with van der Waals surface area (Å²) in [6, 6.07) is 4.97. The van der Waals surface area contributed by atoms with E-state index >= 15 is 0 Å². The molecular weight excluding hydrogens is 229 g/mol. The van der Waals surface area contributed by atoms with E-state index < -0.39 is 0 Å². The summed E-state index contributed by atoms with van der Waals surface area (Å²) in [5, 5.41) is 0.153. The summed E-state index contributed by atoms with van der Waals surface area (Å²) in [5.41, 5.74) is 3.35. The van der Waals surface area contributed by atoms with Crippen molar-refractivity contribution in [2.45, 2.75) is 38.3 Å². The molecule has 0 aromatic heterocycles. The third-order valence-electron chi connectivity index (χ3n) is 2.85. The van der Waals surface area contributed by atoms with Crippen LogP contribution in [-0.2, 0) is 11.4 Å². The third kappa shape index (κ3) is 2.94. The Morgan fingerprint density at radius 2 is 2.12 bits per heavy atom. The molecule has 0 heterocycles. The SMILES string of the molecule is Fc1c(Cl)cccc1CNOC1CCCC1. The van der Waals surface area contributed by atoms with Gasteiger partial charge < -0.3 is 0 Å². The summed E-state index contributed by atoms with van der Waals surface area (Å²) in [4.78, 5) is 5.44. The van der Waals surface area contributed by atoms with E-state index in [0.29, 0.717) is 12.1 Å². The molecule has 1 fully saturated rings. The number of benzene rings is 1. The van der Waals surface area contributed by atoms with E-state index in [-0.39, 0.29) is 16.9 Å². The molecule has 1 aromatic rings. The monoisotopic (exact) mass is 243 g/mol. The van der Waals surface area contributed by atoms with Crippen LogP contribution in [0, 0.1) is 5.82 Å².